The Hall–Kier alpha value is -2.10. The molecule has 0 amide bonds. The van der Waals surface area contributed by atoms with E-state index in [1.54, 1.807) is 4.68 Å². The van der Waals surface area contributed by atoms with E-state index in [0.29, 0.717) is 5.15 Å². The predicted octanol–water partition coefficient (Wildman–Crippen LogP) is 4.17. The van der Waals surface area contributed by atoms with Crippen molar-refractivity contribution in [2.24, 2.45) is 0 Å². The van der Waals surface area contributed by atoms with E-state index in [4.69, 9.17) is 11.6 Å². The zero-order valence-corrected chi connectivity index (χ0v) is 13.9. The topological polar surface area (TPSA) is 29.9 Å². The standard InChI is InChI=1S/C19H20ClN3/c1-15-18(14-21-13-12-16-8-4-2-5-9-16)19(20)23(22-15)17-10-6-3-7-11-17/h2-11,21H,12-14H2,1H3. The number of halogens is 1. The lowest BCUT2D eigenvalue weighted by Gasteiger charge is -2.06. The second-order valence-corrected chi connectivity index (χ2v) is 5.87. The second kappa shape index (κ2) is 7.44. The van der Waals surface area contributed by atoms with Gasteiger partial charge in [0.05, 0.1) is 11.4 Å². The number of para-hydroxylation sites is 1. The smallest absolute Gasteiger partial charge is 0.137 e. The summed E-state index contributed by atoms with van der Waals surface area (Å²) in [5, 5.41) is 8.70. The van der Waals surface area contributed by atoms with Crippen molar-refractivity contribution in [3.63, 3.8) is 0 Å². The van der Waals surface area contributed by atoms with Crippen LogP contribution in [0.1, 0.15) is 16.8 Å². The molecule has 0 atom stereocenters. The van der Waals surface area contributed by atoms with Gasteiger partial charge in [-0.2, -0.15) is 5.10 Å². The molecule has 2 aromatic carbocycles. The molecule has 1 aromatic heterocycles. The fraction of sp³-hybridized carbons (Fsp3) is 0.211. The van der Waals surface area contributed by atoms with Gasteiger partial charge in [-0.3, -0.25) is 0 Å². The molecule has 0 bridgehead atoms. The summed E-state index contributed by atoms with van der Waals surface area (Å²) in [5.41, 5.74) is 4.34. The molecule has 23 heavy (non-hydrogen) atoms. The Labute approximate surface area is 141 Å². The molecular weight excluding hydrogens is 306 g/mol. The van der Waals surface area contributed by atoms with E-state index in [9.17, 15) is 0 Å². The fourth-order valence-electron chi connectivity index (χ4n) is 2.56. The molecule has 0 fully saturated rings. The van der Waals surface area contributed by atoms with Crippen LogP contribution in [0, 0.1) is 6.92 Å². The Morgan fingerprint density at radius 3 is 2.35 bits per heavy atom. The monoisotopic (exact) mass is 325 g/mol. The number of aryl methyl sites for hydroxylation is 1. The van der Waals surface area contributed by atoms with E-state index < -0.39 is 0 Å². The minimum absolute atomic E-state index is 0.681. The third-order valence-corrected chi connectivity index (χ3v) is 4.25. The number of benzene rings is 2. The Bertz CT molecular complexity index is 751. The Balaban J connectivity index is 1.63. The van der Waals surface area contributed by atoms with Gasteiger partial charge < -0.3 is 5.32 Å². The third-order valence-electron chi connectivity index (χ3n) is 3.86. The van der Waals surface area contributed by atoms with E-state index in [0.717, 1.165) is 36.5 Å². The van der Waals surface area contributed by atoms with Gasteiger partial charge in [0.2, 0.25) is 0 Å². The summed E-state index contributed by atoms with van der Waals surface area (Å²) in [5.74, 6) is 0. The molecule has 118 valence electrons. The van der Waals surface area contributed by atoms with Crippen LogP contribution in [0.2, 0.25) is 5.15 Å². The van der Waals surface area contributed by atoms with Crippen LogP contribution in [0.5, 0.6) is 0 Å². The van der Waals surface area contributed by atoms with Gasteiger partial charge in [-0.25, -0.2) is 4.68 Å². The third kappa shape index (κ3) is 3.81. The van der Waals surface area contributed by atoms with Crippen molar-refractivity contribution < 1.29 is 0 Å². The SMILES string of the molecule is Cc1nn(-c2ccccc2)c(Cl)c1CNCCc1ccccc1. The van der Waals surface area contributed by atoms with Gasteiger partial charge in [0.1, 0.15) is 5.15 Å². The molecule has 0 aliphatic rings. The van der Waals surface area contributed by atoms with Gasteiger partial charge >= 0.3 is 0 Å². The van der Waals surface area contributed by atoms with Crippen LogP contribution < -0.4 is 5.32 Å². The molecule has 1 N–H and O–H groups in total. The molecule has 0 aliphatic heterocycles. The number of nitrogens with zero attached hydrogens (tertiary/aromatic N) is 2. The molecule has 0 aliphatic carbocycles. The van der Waals surface area contributed by atoms with E-state index in [1.807, 2.05) is 43.3 Å². The summed E-state index contributed by atoms with van der Waals surface area (Å²) in [6.45, 7) is 3.64. The van der Waals surface area contributed by atoms with Crippen molar-refractivity contribution in [1.29, 1.82) is 0 Å². The zero-order valence-electron chi connectivity index (χ0n) is 13.2. The molecule has 3 aromatic rings. The lowest BCUT2D eigenvalue weighted by molar-refractivity contribution is 0.684. The van der Waals surface area contributed by atoms with Crippen LogP contribution in [0.15, 0.2) is 60.7 Å². The second-order valence-electron chi connectivity index (χ2n) is 5.51. The number of hydrogen-bond acceptors (Lipinski definition) is 2. The van der Waals surface area contributed by atoms with Crippen molar-refractivity contribution in [1.82, 2.24) is 15.1 Å². The summed E-state index contributed by atoms with van der Waals surface area (Å²) in [6, 6.07) is 20.4. The summed E-state index contributed by atoms with van der Waals surface area (Å²) in [7, 11) is 0. The minimum Gasteiger partial charge on any atom is -0.312 e. The molecule has 0 radical (unpaired) electrons. The largest absolute Gasteiger partial charge is 0.312 e. The maximum atomic E-state index is 6.52. The first-order chi connectivity index (χ1) is 11.3. The number of rotatable bonds is 6. The summed E-state index contributed by atoms with van der Waals surface area (Å²) in [4.78, 5) is 0. The minimum atomic E-state index is 0.681. The summed E-state index contributed by atoms with van der Waals surface area (Å²) in [6.07, 6.45) is 1.00. The lowest BCUT2D eigenvalue weighted by Crippen LogP contribution is -2.17. The van der Waals surface area contributed by atoms with Crippen LogP contribution in [0.3, 0.4) is 0 Å². The molecule has 0 saturated heterocycles. The average Bonchev–Trinajstić information content (AvgIpc) is 2.88. The van der Waals surface area contributed by atoms with E-state index in [1.165, 1.54) is 5.56 Å². The van der Waals surface area contributed by atoms with Crippen molar-refractivity contribution in [2.45, 2.75) is 19.9 Å². The first-order valence-electron chi connectivity index (χ1n) is 7.80. The number of aromatic nitrogens is 2. The van der Waals surface area contributed by atoms with E-state index >= 15 is 0 Å². The van der Waals surface area contributed by atoms with Crippen molar-refractivity contribution in [2.75, 3.05) is 6.54 Å². The first-order valence-corrected chi connectivity index (χ1v) is 8.17. The zero-order chi connectivity index (χ0) is 16.1. The highest BCUT2D eigenvalue weighted by atomic mass is 35.5. The Morgan fingerprint density at radius 1 is 1.00 bits per heavy atom. The van der Waals surface area contributed by atoms with Gasteiger partial charge in [0.25, 0.3) is 0 Å². The van der Waals surface area contributed by atoms with Crippen LogP contribution in [0.25, 0.3) is 5.69 Å². The quantitative estimate of drug-likeness (QED) is 0.689. The van der Waals surface area contributed by atoms with E-state index in [2.05, 4.69) is 34.7 Å². The molecule has 3 nitrogen and oxygen atoms in total. The lowest BCUT2D eigenvalue weighted by atomic mass is 10.1. The average molecular weight is 326 g/mol. The van der Waals surface area contributed by atoms with Crippen LogP contribution in [-0.4, -0.2) is 16.3 Å². The maximum absolute atomic E-state index is 6.52. The van der Waals surface area contributed by atoms with Gasteiger partial charge in [0.15, 0.2) is 0 Å². The van der Waals surface area contributed by atoms with Crippen LogP contribution in [0.4, 0.5) is 0 Å². The normalized spacial score (nSPS) is 10.9. The van der Waals surface area contributed by atoms with Gasteiger partial charge in [0, 0.05) is 12.1 Å². The molecule has 1 heterocycles. The summed E-state index contributed by atoms with van der Waals surface area (Å²) >= 11 is 6.52. The maximum Gasteiger partial charge on any atom is 0.137 e. The van der Waals surface area contributed by atoms with Gasteiger partial charge in [-0.05, 0) is 37.6 Å². The van der Waals surface area contributed by atoms with Crippen LogP contribution in [-0.2, 0) is 13.0 Å². The highest BCUT2D eigenvalue weighted by molar-refractivity contribution is 6.30. The first kappa shape index (κ1) is 15.8. The Morgan fingerprint density at radius 2 is 1.65 bits per heavy atom. The fourth-order valence-corrected chi connectivity index (χ4v) is 2.90. The summed E-state index contributed by atoms with van der Waals surface area (Å²) < 4.78 is 1.80. The predicted molar refractivity (Wildman–Crippen MR) is 95.2 cm³/mol. The van der Waals surface area contributed by atoms with Crippen LogP contribution >= 0.6 is 11.6 Å². The number of hydrogen-bond donors (Lipinski definition) is 1. The van der Waals surface area contributed by atoms with Crippen molar-refractivity contribution in [3.05, 3.63) is 82.6 Å². The molecular formula is C19H20ClN3. The molecule has 3 rings (SSSR count). The molecule has 0 unspecified atom stereocenters. The highest BCUT2D eigenvalue weighted by Crippen LogP contribution is 2.23. The van der Waals surface area contributed by atoms with Crippen molar-refractivity contribution in [3.8, 4) is 5.69 Å². The molecule has 0 spiro atoms. The highest BCUT2D eigenvalue weighted by Gasteiger charge is 2.13. The Kier molecular flexibility index (Phi) is 5.11. The van der Waals surface area contributed by atoms with Crippen molar-refractivity contribution >= 4 is 11.6 Å². The van der Waals surface area contributed by atoms with Gasteiger partial charge in [-0.1, -0.05) is 60.1 Å². The van der Waals surface area contributed by atoms with Gasteiger partial charge in [-0.15, -0.1) is 0 Å². The van der Waals surface area contributed by atoms with E-state index in [-0.39, 0.29) is 0 Å². The number of nitrogens with one attached hydrogen (secondary N) is 1. The molecule has 4 heteroatoms. The molecule has 0 saturated carbocycles.